The number of hydrogen-bond donors (Lipinski definition) is 0. The van der Waals surface area contributed by atoms with Crippen LogP contribution in [0.4, 0.5) is 0 Å². The van der Waals surface area contributed by atoms with Gasteiger partial charge in [-0.3, -0.25) is 4.79 Å². The first-order valence-corrected chi connectivity index (χ1v) is 6.67. The summed E-state index contributed by atoms with van der Waals surface area (Å²) in [5.74, 6) is -0.530. The van der Waals surface area contributed by atoms with Gasteiger partial charge in [0.2, 0.25) is 5.41 Å². The van der Waals surface area contributed by atoms with Crippen molar-refractivity contribution in [3.05, 3.63) is 12.2 Å². The van der Waals surface area contributed by atoms with E-state index in [1.165, 1.54) is 28.3 Å². The largest absolute Gasteiger partial charge is 0.574 e. The molecule has 0 aromatic carbocycles. The van der Waals surface area contributed by atoms with Crippen molar-refractivity contribution in [1.29, 1.82) is 0 Å². The first-order chi connectivity index (χ1) is 7.93. The molecule has 0 aliphatic carbocycles. The van der Waals surface area contributed by atoms with Gasteiger partial charge in [0.05, 0.1) is 6.61 Å². The van der Waals surface area contributed by atoms with Gasteiger partial charge >= 0.3 is 14.8 Å². The Labute approximate surface area is 102 Å². The lowest BCUT2D eigenvalue weighted by Crippen LogP contribution is -2.51. The number of rotatable bonds is 8. The van der Waals surface area contributed by atoms with E-state index in [0.717, 1.165) is 0 Å². The zero-order valence-electron chi connectivity index (χ0n) is 10.6. The predicted molar refractivity (Wildman–Crippen MR) is 62.2 cm³/mol. The van der Waals surface area contributed by atoms with E-state index < -0.39 is 14.8 Å². The summed E-state index contributed by atoms with van der Waals surface area (Å²) in [5, 5.41) is -0.334. The molecule has 0 N–H and O–H groups in total. The van der Waals surface area contributed by atoms with Gasteiger partial charge in [-0.25, -0.2) is 4.79 Å². The summed E-state index contributed by atoms with van der Waals surface area (Å²) in [7, 11) is 0.760. The Bertz CT molecular complexity index is 289. The fourth-order valence-electron chi connectivity index (χ4n) is 1.10. The van der Waals surface area contributed by atoms with Crippen LogP contribution in [0.5, 0.6) is 0 Å². The van der Waals surface area contributed by atoms with Crippen molar-refractivity contribution >= 4 is 20.2 Å². The van der Waals surface area contributed by atoms with Crippen LogP contribution in [0.25, 0.3) is 0 Å². The summed E-state index contributed by atoms with van der Waals surface area (Å²) in [5.41, 5.74) is 0.284. The Hall–Kier alpha value is -1.02. The van der Waals surface area contributed by atoms with E-state index in [1.54, 1.807) is 0 Å². The molecule has 0 spiro atoms. The first-order valence-electron chi connectivity index (χ1n) is 4.95. The Morgan fingerprint density at radius 3 is 1.94 bits per heavy atom. The van der Waals surface area contributed by atoms with Crippen molar-refractivity contribution < 1.29 is 27.6 Å². The van der Waals surface area contributed by atoms with Gasteiger partial charge in [0, 0.05) is 33.3 Å². The zero-order chi connectivity index (χ0) is 13.5. The molecule has 0 bridgehead atoms. The van der Waals surface area contributed by atoms with Crippen molar-refractivity contribution in [2.45, 2.75) is 13.3 Å². The molecule has 0 aromatic rings. The second kappa shape index (κ2) is 7.33. The second-order valence-corrected chi connectivity index (χ2v) is 6.15. The molecule has 98 valence electrons. The highest BCUT2D eigenvalue weighted by Gasteiger charge is 2.47. The van der Waals surface area contributed by atoms with Gasteiger partial charge < -0.3 is 18.0 Å². The van der Waals surface area contributed by atoms with E-state index in [-0.39, 0.29) is 24.0 Å². The van der Waals surface area contributed by atoms with Crippen LogP contribution in [0.2, 0.25) is 0 Å². The number of hydrogen-bond acceptors (Lipinski definition) is 6. The smallest absolute Gasteiger partial charge is 0.462 e. The first kappa shape index (κ1) is 16.0. The van der Waals surface area contributed by atoms with Crippen LogP contribution < -0.4 is 0 Å². The van der Waals surface area contributed by atoms with Crippen molar-refractivity contribution in [3.63, 3.8) is 0 Å². The standard InChI is InChI=1S/C10H18O6Si/c1-8(2)10(12)16-7-6-9(11)17(13-3,14-4)15-5/h1,6-7H2,2-5H3. The van der Waals surface area contributed by atoms with Gasteiger partial charge in [0.25, 0.3) is 0 Å². The molecule has 0 heterocycles. The van der Waals surface area contributed by atoms with Crippen molar-refractivity contribution in [2.75, 3.05) is 27.9 Å². The minimum absolute atomic E-state index is 0.0131. The van der Waals surface area contributed by atoms with Crippen molar-refractivity contribution in [1.82, 2.24) is 0 Å². The third-order valence-corrected chi connectivity index (χ3v) is 4.60. The summed E-state index contributed by atoms with van der Waals surface area (Å²) >= 11 is 0. The summed E-state index contributed by atoms with van der Waals surface area (Å²) < 4.78 is 19.8. The maximum Gasteiger partial charge on any atom is 0.574 e. The second-order valence-electron chi connectivity index (χ2n) is 3.26. The fraction of sp³-hybridized carbons (Fsp3) is 0.600. The third-order valence-electron chi connectivity index (χ3n) is 2.06. The van der Waals surface area contributed by atoms with Crippen LogP contribution in [0.3, 0.4) is 0 Å². The van der Waals surface area contributed by atoms with Gasteiger partial charge in [-0.15, -0.1) is 0 Å². The Morgan fingerprint density at radius 2 is 1.59 bits per heavy atom. The van der Waals surface area contributed by atoms with Gasteiger partial charge in [-0.1, -0.05) is 6.58 Å². The van der Waals surface area contributed by atoms with Crippen molar-refractivity contribution in [2.24, 2.45) is 0 Å². The highest BCUT2D eigenvalue weighted by molar-refractivity contribution is 6.92. The van der Waals surface area contributed by atoms with Crippen LogP contribution in [-0.4, -0.2) is 48.1 Å². The molecule has 6 nitrogen and oxygen atoms in total. The van der Waals surface area contributed by atoms with E-state index in [4.69, 9.17) is 18.0 Å². The van der Waals surface area contributed by atoms with Crippen LogP contribution in [0, 0.1) is 0 Å². The van der Waals surface area contributed by atoms with E-state index in [0.29, 0.717) is 0 Å². The number of carbonyl (C=O) groups excluding carboxylic acids is 2. The Morgan fingerprint density at radius 1 is 1.12 bits per heavy atom. The monoisotopic (exact) mass is 262 g/mol. The van der Waals surface area contributed by atoms with E-state index in [1.807, 2.05) is 0 Å². The predicted octanol–water partition coefficient (Wildman–Crippen LogP) is 0.482. The van der Waals surface area contributed by atoms with E-state index >= 15 is 0 Å². The van der Waals surface area contributed by atoms with Crippen LogP contribution in [0.15, 0.2) is 12.2 Å². The van der Waals surface area contributed by atoms with E-state index in [9.17, 15) is 9.59 Å². The molecule has 0 aromatic heterocycles. The number of ether oxygens (including phenoxy) is 1. The molecule has 0 aliphatic rings. The van der Waals surface area contributed by atoms with Gasteiger partial charge in [-0.2, -0.15) is 0 Å². The Kier molecular flexibility index (Phi) is 6.89. The topological polar surface area (TPSA) is 71.1 Å². The molecule has 0 atom stereocenters. The molecule has 0 rings (SSSR count). The lowest BCUT2D eigenvalue weighted by Gasteiger charge is -2.22. The quantitative estimate of drug-likeness (QED) is 0.360. The highest BCUT2D eigenvalue weighted by Crippen LogP contribution is 2.10. The summed E-state index contributed by atoms with van der Waals surface area (Å²) in [6.07, 6.45) is -0.0131. The number of carbonyl (C=O) groups is 2. The lowest BCUT2D eigenvalue weighted by atomic mass is 10.4. The van der Waals surface area contributed by atoms with Gasteiger partial charge in [-0.05, 0) is 6.92 Å². The van der Waals surface area contributed by atoms with Gasteiger partial charge in [0.15, 0.2) is 0 Å². The molecular weight excluding hydrogens is 244 g/mol. The number of esters is 1. The normalized spacial score (nSPS) is 11.1. The highest BCUT2D eigenvalue weighted by atomic mass is 28.4. The van der Waals surface area contributed by atoms with Crippen LogP contribution in [-0.2, 0) is 27.6 Å². The van der Waals surface area contributed by atoms with Crippen LogP contribution >= 0.6 is 0 Å². The minimum Gasteiger partial charge on any atom is -0.462 e. The molecule has 0 radical (unpaired) electrons. The summed E-state index contributed by atoms with van der Waals surface area (Å²) in [4.78, 5) is 22.8. The molecule has 0 saturated heterocycles. The van der Waals surface area contributed by atoms with E-state index in [2.05, 4.69) is 6.58 Å². The van der Waals surface area contributed by atoms with Crippen molar-refractivity contribution in [3.8, 4) is 0 Å². The lowest BCUT2D eigenvalue weighted by molar-refractivity contribution is -0.139. The fourth-order valence-corrected chi connectivity index (χ4v) is 2.70. The molecular formula is C10H18O6Si. The molecule has 0 amide bonds. The molecule has 17 heavy (non-hydrogen) atoms. The summed E-state index contributed by atoms with van der Waals surface area (Å²) in [6, 6.07) is 0. The average molecular weight is 262 g/mol. The van der Waals surface area contributed by atoms with Gasteiger partial charge in [0.1, 0.15) is 0 Å². The Balaban J connectivity index is 4.26. The SMILES string of the molecule is C=C(C)C(=O)OCCC(=O)[Si](OC)(OC)OC. The molecule has 7 heteroatoms. The molecule has 0 saturated carbocycles. The molecule has 0 fully saturated rings. The maximum atomic E-state index is 11.8. The average Bonchev–Trinajstić information content (AvgIpc) is 2.31. The molecule has 0 unspecified atom stereocenters. The third kappa shape index (κ3) is 4.39. The summed E-state index contributed by atoms with van der Waals surface area (Å²) in [6.45, 7) is 4.91. The maximum absolute atomic E-state index is 11.8. The minimum atomic E-state index is -3.27. The zero-order valence-corrected chi connectivity index (χ0v) is 11.6. The van der Waals surface area contributed by atoms with Crippen LogP contribution in [0.1, 0.15) is 13.3 Å². The molecule has 0 aliphatic heterocycles.